The SMILES string of the molecule is CC(=O)CCNC(=O)CNC(=O)CCC(=O)O[C@@H](C(=O)O[C@H]1C[C@@]2(O)[C@@H](CC(=O)c3ccccc3)[C@@H]3[C@]4(OC(C)=O)CO[C@@H]4C[C@H](O)[C@@]3(C)C(=O)[C@H](OC(C)=O)C(=C1C)C2(C)C)C(NC(=O)c1ccccc1)c1ccccc1. The highest BCUT2D eigenvalue weighted by atomic mass is 16.6. The first kappa shape index (κ1) is 58.3. The summed E-state index contributed by atoms with van der Waals surface area (Å²) in [4.78, 5) is 137. The third-order valence-electron chi connectivity index (χ3n) is 16.0. The Kier molecular flexibility index (Phi) is 17.7. The van der Waals surface area contributed by atoms with Crippen LogP contribution < -0.4 is 16.0 Å². The van der Waals surface area contributed by atoms with Gasteiger partial charge in [-0.05, 0) is 49.6 Å². The molecule has 3 amide bonds. The van der Waals surface area contributed by atoms with Gasteiger partial charge in [0.25, 0.3) is 5.91 Å². The van der Waals surface area contributed by atoms with Crippen molar-refractivity contribution >= 4 is 58.9 Å². The number of amides is 3. The van der Waals surface area contributed by atoms with Gasteiger partial charge in [-0.1, -0.05) is 92.7 Å². The van der Waals surface area contributed by atoms with Crippen LogP contribution in [0.2, 0.25) is 0 Å². The van der Waals surface area contributed by atoms with Crippen molar-refractivity contribution < 1.29 is 81.8 Å². The molecule has 78 heavy (non-hydrogen) atoms. The summed E-state index contributed by atoms with van der Waals surface area (Å²) >= 11 is 0. The Morgan fingerprint density at radius 3 is 1.96 bits per heavy atom. The van der Waals surface area contributed by atoms with E-state index in [4.69, 9.17) is 23.7 Å². The molecule has 2 bridgehead atoms. The Morgan fingerprint density at radius 2 is 1.38 bits per heavy atom. The summed E-state index contributed by atoms with van der Waals surface area (Å²) in [6, 6.07) is 22.6. The molecule has 20 nitrogen and oxygen atoms in total. The van der Waals surface area contributed by atoms with Crippen molar-refractivity contribution in [3.63, 3.8) is 0 Å². The first-order chi connectivity index (χ1) is 36.8. The first-order valence-corrected chi connectivity index (χ1v) is 25.9. The van der Waals surface area contributed by atoms with Crippen molar-refractivity contribution in [2.24, 2.45) is 22.7 Å². The molecule has 1 unspecified atom stereocenters. The number of fused-ring (bicyclic) bond motifs is 5. The number of aliphatic hydroxyl groups is 2. The number of carbonyl (C=O) groups is 10. The maximum absolute atomic E-state index is 15.8. The molecule has 3 aromatic rings. The molecule has 20 heteroatoms. The number of ketones is 3. The Balaban J connectivity index is 1.34. The monoisotopic (exact) mass is 1080 g/mol. The lowest BCUT2D eigenvalue weighted by Crippen LogP contribution is -2.80. The Hall–Kier alpha value is -7.42. The number of ether oxygens (including phenoxy) is 5. The molecule has 3 aliphatic carbocycles. The fourth-order valence-electron chi connectivity index (χ4n) is 12.0. The van der Waals surface area contributed by atoms with Crippen LogP contribution in [0.5, 0.6) is 0 Å². The van der Waals surface area contributed by atoms with E-state index in [0.717, 1.165) is 13.8 Å². The van der Waals surface area contributed by atoms with Crippen LogP contribution in [0.15, 0.2) is 102 Å². The van der Waals surface area contributed by atoms with Gasteiger partial charge in [0.05, 0.1) is 36.7 Å². The van der Waals surface area contributed by atoms with Crippen LogP contribution in [0.1, 0.15) is 119 Å². The van der Waals surface area contributed by atoms with Crippen LogP contribution in [0.25, 0.3) is 0 Å². The van der Waals surface area contributed by atoms with Crippen molar-refractivity contribution in [2.75, 3.05) is 19.7 Å². The second-order valence-electron chi connectivity index (χ2n) is 21.3. The van der Waals surface area contributed by atoms with Gasteiger partial charge in [0.1, 0.15) is 24.0 Å². The van der Waals surface area contributed by atoms with E-state index >= 15 is 9.59 Å². The molecule has 3 fully saturated rings. The smallest absolute Gasteiger partial charge is 0.350 e. The Bertz CT molecular complexity index is 2860. The molecular formula is C58H67N3O17. The number of carbonyl (C=O) groups excluding carboxylic acids is 10. The summed E-state index contributed by atoms with van der Waals surface area (Å²) in [5, 5.41) is 34.1. The minimum atomic E-state index is -2.31. The van der Waals surface area contributed by atoms with Gasteiger partial charge in [0.15, 0.2) is 23.3 Å². The number of benzene rings is 3. The summed E-state index contributed by atoms with van der Waals surface area (Å²) < 4.78 is 30.5. The lowest BCUT2D eigenvalue weighted by molar-refractivity contribution is -0.339. The first-order valence-electron chi connectivity index (χ1n) is 25.9. The van der Waals surface area contributed by atoms with Crippen LogP contribution in [0, 0.1) is 22.7 Å². The molecule has 416 valence electrons. The number of aliphatic hydroxyl groups excluding tert-OH is 1. The van der Waals surface area contributed by atoms with Crippen molar-refractivity contribution in [2.45, 2.75) is 135 Å². The number of Topliss-reactive ketones (excluding diaryl/α,β-unsaturated/α-hetero) is 3. The molecule has 1 saturated heterocycles. The number of hydrogen-bond acceptors (Lipinski definition) is 17. The van der Waals surface area contributed by atoms with Crippen LogP contribution >= 0.6 is 0 Å². The highest BCUT2D eigenvalue weighted by Crippen LogP contribution is 2.66. The van der Waals surface area contributed by atoms with Gasteiger partial charge < -0.3 is 49.8 Å². The van der Waals surface area contributed by atoms with Crippen molar-refractivity contribution in [1.82, 2.24) is 16.0 Å². The van der Waals surface area contributed by atoms with E-state index in [9.17, 15) is 48.6 Å². The van der Waals surface area contributed by atoms with E-state index < -0.39 is 156 Å². The van der Waals surface area contributed by atoms with Crippen LogP contribution in [0.4, 0.5) is 0 Å². The fourth-order valence-corrected chi connectivity index (χ4v) is 12.0. The second kappa shape index (κ2) is 23.7. The second-order valence-corrected chi connectivity index (χ2v) is 21.3. The number of nitrogens with one attached hydrogen (secondary N) is 3. The van der Waals surface area contributed by atoms with Gasteiger partial charge in [-0.3, -0.25) is 43.2 Å². The van der Waals surface area contributed by atoms with E-state index in [1.54, 1.807) is 92.7 Å². The molecule has 0 aromatic heterocycles. The predicted octanol–water partition coefficient (Wildman–Crippen LogP) is 3.94. The number of esters is 4. The van der Waals surface area contributed by atoms with E-state index in [-0.39, 0.29) is 59.6 Å². The number of hydrogen-bond donors (Lipinski definition) is 5. The normalized spacial score (nSPS) is 27.5. The zero-order valence-corrected chi connectivity index (χ0v) is 44.7. The quantitative estimate of drug-likeness (QED) is 0.0463. The third kappa shape index (κ3) is 11.7. The molecule has 1 heterocycles. The fraction of sp³-hybridized carbons (Fsp3) is 0.483. The van der Waals surface area contributed by atoms with Gasteiger partial charge in [-0.15, -0.1) is 0 Å². The van der Waals surface area contributed by atoms with Crippen molar-refractivity contribution in [1.29, 1.82) is 0 Å². The minimum absolute atomic E-state index is 0.0177. The summed E-state index contributed by atoms with van der Waals surface area (Å²) in [6.07, 6.45) is -10.5. The molecule has 2 saturated carbocycles. The van der Waals surface area contributed by atoms with E-state index in [1.165, 1.54) is 32.9 Å². The third-order valence-corrected chi connectivity index (χ3v) is 16.0. The highest BCUT2D eigenvalue weighted by Gasteiger charge is 2.77. The molecule has 3 aromatic carbocycles. The van der Waals surface area contributed by atoms with Gasteiger partial charge in [0.2, 0.25) is 17.9 Å². The summed E-state index contributed by atoms with van der Waals surface area (Å²) in [5.41, 5.74) is -6.97. The molecule has 4 aliphatic rings. The molecule has 5 N–H and O–H groups in total. The van der Waals surface area contributed by atoms with Crippen LogP contribution in [0.3, 0.4) is 0 Å². The molecule has 0 radical (unpaired) electrons. The number of rotatable bonds is 20. The summed E-state index contributed by atoms with van der Waals surface area (Å²) in [6.45, 7) is 9.02. The van der Waals surface area contributed by atoms with Crippen molar-refractivity contribution in [3.05, 3.63) is 119 Å². The summed E-state index contributed by atoms with van der Waals surface area (Å²) in [7, 11) is 0. The Morgan fingerprint density at radius 1 is 0.769 bits per heavy atom. The Labute approximate surface area is 451 Å². The largest absolute Gasteiger partial charge is 0.455 e. The van der Waals surface area contributed by atoms with E-state index in [1.807, 2.05) is 0 Å². The van der Waals surface area contributed by atoms with Crippen LogP contribution in [-0.4, -0.2) is 131 Å². The van der Waals surface area contributed by atoms with E-state index in [0.29, 0.717) is 0 Å². The standard InChI is InChI=1S/C58H67N3O17/c1-32(62)25-26-59-45(68)30-60-44(67)23-24-46(69)77-50(48(37-19-13-9-14-20-37)61-53(71)38-21-15-10-16-22-38)54(72)76-41-29-58(73)39(27-40(65)36-17-11-8-12-18-36)51-56(7,42(66)28-43-57(51,31-74-43)78-35(4)64)52(70)49(75-34(3)63)47(33(41)2)55(58,5)6/h8-22,39,41-43,48-51,66,73H,23-31H2,1-7H3,(H,59,68)(H,60,67)(H,61,71)/t39-,41-,42-,43+,48?,49+,50+,51-,56+,57-,58+/m0/s1. The van der Waals surface area contributed by atoms with E-state index in [2.05, 4.69) is 16.0 Å². The zero-order valence-electron chi connectivity index (χ0n) is 44.7. The lowest BCUT2D eigenvalue weighted by Gasteiger charge is -2.68. The van der Waals surface area contributed by atoms with Crippen molar-refractivity contribution in [3.8, 4) is 0 Å². The minimum Gasteiger partial charge on any atom is -0.455 e. The summed E-state index contributed by atoms with van der Waals surface area (Å²) in [5.74, 6) is -10.5. The maximum atomic E-state index is 15.8. The highest BCUT2D eigenvalue weighted by molar-refractivity contribution is 5.98. The molecule has 7 rings (SSSR count). The molecular weight excluding hydrogens is 1010 g/mol. The van der Waals surface area contributed by atoms with Gasteiger partial charge >= 0.3 is 23.9 Å². The lowest BCUT2D eigenvalue weighted by atomic mass is 9.42. The topological polar surface area (TPSA) is 293 Å². The average molecular weight is 1080 g/mol. The maximum Gasteiger partial charge on any atom is 0.350 e. The molecule has 0 spiro atoms. The van der Waals surface area contributed by atoms with Gasteiger partial charge in [0, 0.05) is 80.9 Å². The molecule has 1 aliphatic heterocycles. The average Bonchev–Trinajstić information content (AvgIpc) is 3.33. The zero-order chi connectivity index (χ0) is 56.9. The molecule has 11 atom stereocenters. The van der Waals surface area contributed by atoms with Gasteiger partial charge in [-0.2, -0.15) is 0 Å². The predicted molar refractivity (Wildman–Crippen MR) is 275 cm³/mol. The van der Waals surface area contributed by atoms with Crippen LogP contribution in [-0.2, 0) is 62.0 Å². The van der Waals surface area contributed by atoms with Gasteiger partial charge in [-0.25, -0.2) is 4.79 Å².